The molecule has 3 rings (SSSR count). The van der Waals surface area contributed by atoms with E-state index >= 15 is 0 Å². The molecule has 2 N–H and O–H groups in total. The number of rotatable bonds is 1. The maximum absolute atomic E-state index is 12.0. The van der Waals surface area contributed by atoms with Gasteiger partial charge in [0.15, 0.2) is 0 Å². The van der Waals surface area contributed by atoms with E-state index < -0.39 is 0 Å². The number of benzene rings is 2. The number of nitrogens with zero attached hydrogens (tertiary/aromatic N) is 1. The number of nitrogens with one attached hydrogen (secondary N) is 1. The molecule has 0 spiro atoms. The van der Waals surface area contributed by atoms with Crippen molar-refractivity contribution in [3.8, 4) is 5.75 Å². The van der Waals surface area contributed by atoms with Crippen LogP contribution in [-0.2, 0) is 4.79 Å². The van der Waals surface area contributed by atoms with E-state index in [1.165, 1.54) is 0 Å². The van der Waals surface area contributed by atoms with Crippen molar-refractivity contribution >= 4 is 38.9 Å². The zero-order valence-electron chi connectivity index (χ0n) is 10.6. The number of aromatic hydroxyl groups is 1. The van der Waals surface area contributed by atoms with Crippen LogP contribution in [0.2, 0.25) is 0 Å². The van der Waals surface area contributed by atoms with Gasteiger partial charge in [0.2, 0.25) is 0 Å². The fourth-order valence-corrected chi connectivity index (χ4v) is 2.40. The number of carbonyl (C=O) groups is 1. The van der Waals surface area contributed by atoms with E-state index in [9.17, 15) is 9.90 Å². The summed E-state index contributed by atoms with van der Waals surface area (Å²) >= 11 is 3.44. The number of carbonyl (C=O) groups excluding carboxylic acids is 1. The summed E-state index contributed by atoms with van der Waals surface area (Å²) in [4.78, 5) is 16.4. The molecule has 1 heterocycles. The molecular formula is C15H11BrN2O2. The molecule has 0 atom stereocenters. The highest BCUT2D eigenvalue weighted by molar-refractivity contribution is 9.10. The molecule has 0 saturated heterocycles. The van der Waals surface area contributed by atoms with Crippen LogP contribution in [-0.4, -0.2) is 16.7 Å². The summed E-state index contributed by atoms with van der Waals surface area (Å²) in [5, 5.41) is 12.1. The first-order valence-electron chi connectivity index (χ1n) is 6.04. The largest absolute Gasteiger partial charge is 0.508 e. The topological polar surface area (TPSA) is 61.7 Å². The number of aliphatic imine (C=N–C) groups is 1. The monoisotopic (exact) mass is 330 g/mol. The van der Waals surface area contributed by atoms with Gasteiger partial charge in [-0.15, -0.1) is 0 Å². The Kier molecular flexibility index (Phi) is 3.06. The molecule has 2 aromatic carbocycles. The van der Waals surface area contributed by atoms with E-state index in [1.807, 2.05) is 19.1 Å². The molecule has 0 aromatic heterocycles. The molecule has 4 nitrogen and oxygen atoms in total. The number of aryl methyl sites for hydroxylation is 1. The maximum Gasteiger partial charge on any atom is 0.275 e. The molecule has 0 fully saturated rings. The summed E-state index contributed by atoms with van der Waals surface area (Å²) in [7, 11) is 0. The summed E-state index contributed by atoms with van der Waals surface area (Å²) in [6.07, 6.45) is 0. The highest BCUT2D eigenvalue weighted by Crippen LogP contribution is 2.31. The van der Waals surface area contributed by atoms with Gasteiger partial charge in [0, 0.05) is 10.0 Å². The molecule has 0 saturated carbocycles. The molecule has 0 aliphatic carbocycles. The van der Waals surface area contributed by atoms with Crippen molar-refractivity contribution < 1.29 is 9.90 Å². The summed E-state index contributed by atoms with van der Waals surface area (Å²) in [5.41, 5.74) is 3.61. The van der Waals surface area contributed by atoms with Gasteiger partial charge in [0.1, 0.15) is 11.5 Å². The van der Waals surface area contributed by atoms with Crippen LogP contribution in [0.25, 0.3) is 0 Å². The number of hydrogen-bond donors (Lipinski definition) is 2. The molecule has 1 amide bonds. The van der Waals surface area contributed by atoms with Crippen molar-refractivity contribution in [1.29, 1.82) is 0 Å². The normalized spacial score (nSPS) is 15.3. The Morgan fingerprint density at radius 2 is 1.90 bits per heavy atom. The van der Waals surface area contributed by atoms with E-state index in [0.717, 1.165) is 21.3 Å². The number of phenolic OH excluding ortho intramolecular Hbond substituents is 1. The van der Waals surface area contributed by atoms with Gasteiger partial charge in [0.05, 0.1) is 11.4 Å². The summed E-state index contributed by atoms with van der Waals surface area (Å²) in [6.45, 7) is 1.96. The van der Waals surface area contributed by atoms with Crippen LogP contribution in [0.5, 0.6) is 5.75 Å². The van der Waals surface area contributed by atoms with E-state index in [4.69, 9.17) is 0 Å². The van der Waals surface area contributed by atoms with Crippen LogP contribution in [0, 0.1) is 6.92 Å². The van der Waals surface area contributed by atoms with Gasteiger partial charge in [-0.3, -0.25) is 4.79 Å². The lowest BCUT2D eigenvalue weighted by molar-refractivity contribution is -0.110. The molecule has 0 unspecified atom stereocenters. The lowest BCUT2D eigenvalue weighted by Gasteiger charge is -2.03. The van der Waals surface area contributed by atoms with Crippen molar-refractivity contribution in [3.05, 3.63) is 52.0 Å². The molecule has 1 aliphatic heterocycles. The van der Waals surface area contributed by atoms with Crippen LogP contribution in [0.4, 0.5) is 11.4 Å². The van der Waals surface area contributed by atoms with Crippen molar-refractivity contribution in [3.63, 3.8) is 0 Å². The summed E-state index contributed by atoms with van der Waals surface area (Å²) in [5.74, 6) is -0.0458. The van der Waals surface area contributed by atoms with Gasteiger partial charge >= 0.3 is 0 Å². The smallest absolute Gasteiger partial charge is 0.275 e. The quantitative estimate of drug-likeness (QED) is 0.840. The Morgan fingerprint density at radius 1 is 1.20 bits per heavy atom. The number of anilines is 1. The standard InChI is InChI=1S/C15H11BrN2O2/c1-8-6-11-13(7-12(8)16)18-15(20)14(11)17-9-2-4-10(19)5-3-9/h2-7,19H,1H3,(H,17,18,20). The van der Waals surface area contributed by atoms with Crippen molar-refractivity contribution in [1.82, 2.24) is 0 Å². The molecule has 100 valence electrons. The van der Waals surface area contributed by atoms with Crippen molar-refractivity contribution in [2.24, 2.45) is 4.99 Å². The lowest BCUT2D eigenvalue weighted by atomic mass is 10.1. The van der Waals surface area contributed by atoms with Gasteiger partial charge in [-0.05, 0) is 48.9 Å². The summed E-state index contributed by atoms with van der Waals surface area (Å²) < 4.78 is 0.947. The summed E-state index contributed by atoms with van der Waals surface area (Å²) in [6, 6.07) is 10.2. The molecule has 2 aromatic rings. The van der Waals surface area contributed by atoms with Gasteiger partial charge in [-0.2, -0.15) is 0 Å². The minimum Gasteiger partial charge on any atom is -0.508 e. The highest BCUT2D eigenvalue weighted by atomic mass is 79.9. The number of phenols is 1. The van der Waals surface area contributed by atoms with Gasteiger partial charge < -0.3 is 10.4 Å². The van der Waals surface area contributed by atoms with Gasteiger partial charge in [-0.25, -0.2) is 4.99 Å². The van der Waals surface area contributed by atoms with E-state index in [-0.39, 0.29) is 11.7 Å². The third-order valence-electron chi connectivity index (χ3n) is 3.11. The fourth-order valence-electron chi connectivity index (χ4n) is 2.05. The molecule has 1 aliphatic rings. The Balaban J connectivity index is 2.10. The van der Waals surface area contributed by atoms with Crippen LogP contribution in [0.1, 0.15) is 11.1 Å². The van der Waals surface area contributed by atoms with Crippen LogP contribution < -0.4 is 5.32 Å². The van der Waals surface area contributed by atoms with Crippen LogP contribution in [0.3, 0.4) is 0 Å². The Labute approximate surface area is 124 Å². The molecule has 20 heavy (non-hydrogen) atoms. The predicted molar refractivity (Wildman–Crippen MR) is 81.8 cm³/mol. The third kappa shape index (κ3) is 2.20. The zero-order chi connectivity index (χ0) is 14.3. The van der Waals surface area contributed by atoms with E-state index in [1.54, 1.807) is 24.3 Å². The number of amides is 1. The second kappa shape index (κ2) is 4.76. The highest BCUT2D eigenvalue weighted by Gasteiger charge is 2.26. The van der Waals surface area contributed by atoms with Crippen LogP contribution in [0.15, 0.2) is 45.9 Å². The molecule has 0 radical (unpaired) electrons. The second-order valence-corrected chi connectivity index (χ2v) is 5.43. The number of halogens is 1. The average molecular weight is 331 g/mol. The first-order chi connectivity index (χ1) is 9.54. The maximum atomic E-state index is 12.0. The van der Waals surface area contributed by atoms with E-state index in [2.05, 4.69) is 26.2 Å². The fraction of sp³-hybridized carbons (Fsp3) is 0.0667. The number of hydrogen-bond acceptors (Lipinski definition) is 3. The molecule has 0 bridgehead atoms. The Morgan fingerprint density at radius 3 is 2.60 bits per heavy atom. The van der Waals surface area contributed by atoms with Crippen LogP contribution >= 0.6 is 15.9 Å². The van der Waals surface area contributed by atoms with Gasteiger partial charge in [-0.1, -0.05) is 15.9 Å². The zero-order valence-corrected chi connectivity index (χ0v) is 12.2. The lowest BCUT2D eigenvalue weighted by Crippen LogP contribution is -2.13. The first-order valence-corrected chi connectivity index (χ1v) is 6.83. The SMILES string of the molecule is Cc1cc2c(cc1Br)NC(=O)C2=Nc1ccc(O)cc1. The second-order valence-electron chi connectivity index (χ2n) is 4.58. The molecule has 5 heteroatoms. The average Bonchev–Trinajstić information content (AvgIpc) is 2.69. The van der Waals surface area contributed by atoms with Gasteiger partial charge in [0.25, 0.3) is 5.91 Å². The Hall–Kier alpha value is -2.14. The van der Waals surface area contributed by atoms with Crippen molar-refractivity contribution in [2.75, 3.05) is 5.32 Å². The predicted octanol–water partition coefficient (Wildman–Crippen LogP) is 3.54. The number of fused-ring (bicyclic) bond motifs is 1. The first kappa shape index (κ1) is 12.9. The van der Waals surface area contributed by atoms with Crippen molar-refractivity contribution in [2.45, 2.75) is 6.92 Å². The minimum absolute atomic E-state index is 0.171. The van der Waals surface area contributed by atoms with E-state index in [0.29, 0.717) is 11.4 Å². The molecular weight excluding hydrogens is 320 g/mol. The Bertz CT molecular complexity index is 736. The minimum atomic E-state index is -0.217. The third-order valence-corrected chi connectivity index (χ3v) is 3.96.